The Morgan fingerprint density at radius 1 is 1.17 bits per heavy atom. The van der Waals surface area contributed by atoms with Crippen molar-refractivity contribution in [3.63, 3.8) is 0 Å². The van der Waals surface area contributed by atoms with Crippen LogP contribution in [0.1, 0.15) is 30.5 Å². The van der Waals surface area contributed by atoms with Crippen LogP contribution in [-0.2, 0) is 0 Å². The quantitative estimate of drug-likeness (QED) is 0.881. The zero-order valence-electron chi connectivity index (χ0n) is 11.6. The first kappa shape index (κ1) is 13.1. The molecule has 0 bridgehead atoms. The van der Waals surface area contributed by atoms with E-state index in [-0.39, 0.29) is 0 Å². The van der Waals surface area contributed by atoms with E-state index in [9.17, 15) is 5.11 Å². The Hall–Kier alpha value is -1.29. The fourth-order valence-electron chi connectivity index (χ4n) is 1.94. The Balaban J connectivity index is 2.51. The number of aryl methyl sites for hydroxylation is 2. The normalized spacial score (nSPS) is 11.4. The number of anilines is 1. The zero-order valence-corrected chi connectivity index (χ0v) is 12.4. The van der Waals surface area contributed by atoms with Crippen LogP contribution in [0.4, 0.5) is 5.13 Å². The van der Waals surface area contributed by atoms with Gasteiger partial charge in [-0.15, -0.1) is 0 Å². The van der Waals surface area contributed by atoms with Gasteiger partial charge in [0.05, 0.1) is 10.2 Å². The number of thiazole rings is 1. The van der Waals surface area contributed by atoms with Crippen LogP contribution < -0.4 is 5.32 Å². The number of rotatable bonds is 3. The van der Waals surface area contributed by atoms with E-state index >= 15 is 0 Å². The second-order valence-corrected chi connectivity index (χ2v) is 6.19. The average Bonchev–Trinajstić information content (AvgIpc) is 2.75. The molecular formula is C14H20N2OS. The molecule has 1 aromatic carbocycles. The topological polar surface area (TPSA) is 45.1 Å². The molecule has 2 N–H and O–H groups in total. The van der Waals surface area contributed by atoms with Gasteiger partial charge < -0.3 is 10.4 Å². The highest BCUT2D eigenvalue weighted by Crippen LogP contribution is 2.38. The molecule has 1 heterocycles. The Morgan fingerprint density at radius 2 is 1.83 bits per heavy atom. The summed E-state index contributed by atoms with van der Waals surface area (Å²) in [6.45, 7) is 11.2. The lowest BCUT2D eigenvalue weighted by Crippen LogP contribution is -2.07. The first-order chi connectivity index (χ1) is 8.41. The molecule has 0 fully saturated rings. The van der Waals surface area contributed by atoms with Gasteiger partial charge in [0.1, 0.15) is 5.75 Å². The monoisotopic (exact) mass is 264 g/mol. The Kier molecular flexibility index (Phi) is 3.48. The van der Waals surface area contributed by atoms with E-state index in [2.05, 4.69) is 24.1 Å². The van der Waals surface area contributed by atoms with Crippen molar-refractivity contribution in [3.05, 3.63) is 16.7 Å². The molecule has 2 aromatic rings. The molecule has 0 saturated carbocycles. The Bertz CT molecular complexity index is 542. The standard InChI is InChI=1S/C14H20N2OS/c1-7(2)6-15-14-16-11-8(3)9(4)12(17)10(5)13(11)18-14/h7,17H,6H2,1-5H3,(H,15,16). The van der Waals surface area contributed by atoms with Crippen molar-refractivity contribution >= 4 is 26.7 Å². The number of hydrogen-bond acceptors (Lipinski definition) is 4. The molecule has 18 heavy (non-hydrogen) atoms. The SMILES string of the molecule is Cc1c(O)c(C)c2sc(NCC(C)C)nc2c1C. The van der Waals surface area contributed by atoms with Crippen LogP contribution in [0.3, 0.4) is 0 Å². The lowest BCUT2D eigenvalue weighted by molar-refractivity contribution is 0.467. The van der Waals surface area contributed by atoms with Gasteiger partial charge in [-0.25, -0.2) is 4.98 Å². The lowest BCUT2D eigenvalue weighted by atomic mass is 10.0. The smallest absolute Gasteiger partial charge is 0.183 e. The average molecular weight is 264 g/mol. The second kappa shape index (κ2) is 4.76. The van der Waals surface area contributed by atoms with Crippen molar-refractivity contribution in [1.82, 2.24) is 4.98 Å². The predicted octanol–water partition coefficient (Wildman–Crippen LogP) is 4.00. The third-order valence-electron chi connectivity index (χ3n) is 3.26. The number of phenolic OH excluding ortho intramolecular Hbond substituents is 1. The van der Waals surface area contributed by atoms with Crippen molar-refractivity contribution in [1.29, 1.82) is 0 Å². The van der Waals surface area contributed by atoms with E-state index in [1.165, 1.54) is 0 Å². The molecule has 3 nitrogen and oxygen atoms in total. The van der Waals surface area contributed by atoms with E-state index in [0.29, 0.717) is 11.7 Å². The van der Waals surface area contributed by atoms with Crippen LogP contribution in [0, 0.1) is 26.7 Å². The summed E-state index contributed by atoms with van der Waals surface area (Å²) < 4.78 is 1.09. The molecule has 0 aliphatic rings. The van der Waals surface area contributed by atoms with Gasteiger partial charge in [0.2, 0.25) is 0 Å². The molecule has 1 aromatic heterocycles. The van der Waals surface area contributed by atoms with Gasteiger partial charge >= 0.3 is 0 Å². The number of nitrogens with zero attached hydrogens (tertiary/aromatic N) is 1. The van der Waals surface area contributed by atoms with E-state index < -0.39 is 0 Å². The van der Waals surface area contributed by atoms with E-state index in [1.807, 2.05) is 20.8 Å². The van der Waals surface area contributed by atoms with Gasteiger partial charge in [0.15, 0.2) is 5.13 Å². The summed E-state index contributed by atoms with van der Waals surface area (Å²) in [4.78, 5) is 4.64. The number of hydrogen-bond donors (Lipinski definition) is 2. The first-order valence-corrected chi connectivity index (χ1v) is 7.06. The minimum absolute atomic E-state index is 0.402. The highest BCUT2D eigenvalue weighted by molar-refractivity contribution is 7.22. The molecule has 2 rings (SSSR count). The predicted molar refractivity (Wildman–Crippen MR) is 78.8 cm³/mol. The van der Waals surface area contributed by atoms with Crippen molar-refractivity contribution < 1.29 is 5.11 Å². The number of aromatic nitrogens is 1. The summed E-state index contributed by atoms with van der Waals surface area (Å²) in [5.74, 6) is 0.994. The molecule has 0 aliphatic carbocycles. The van der Waals surface area contributed by atoms with Crippen LogP contribution in [0.5, 0.6) is 5.75 Å². The molecule has 98 valence electrons. The van der Waals surface area contributed by atoms with Gasteiger partial charge in [-0.1, -0.05) is 25.2 Å². The van der Waals surface area contributed by atoms with Crippen LogP contribution in [-0.4, -0.2) is 16.6 Å². The summed E-state index contributed by atoms with van der Waals surface area (Å²) in [6.07, 6.45) is 0. The van der Waals surface area contributed by atoms with E-state index in [0.717, 1.165) is 38.6 Å². The number of phenols is 1. The maximum absolute atomic E-state index is 10.1. The Labute approximate surface area is 112 Å². The lowest BCUT2D eigenvalue weighted by Gasteiger charge is -2.07. The second-order valence-electron chi connectivity index (χ2n) is 5.20. The zero-order chi connectivity index (χ0) is 13.4. The molecule has 0 unspecified atom stereocenters. The van der Waals surface area contributed by atoms with Gasteiger partial charge in [0, 0.05) is 12.1 Å². The molecule has 0 aliphatic heterocycles. The largest absolute Gasteiger partial charge is 0.507 e. The van der Waals surface area contributed by atoms with Crippen LogP contribution in [0.2, 0.25) is 0 Å². The highest BCUT2D eigenvalue weighted by Gasteiger charge is 2.15. The molecule has 0 atom stereocenters. The van der Waals surface area contributed by atoms with Gasteiger partial charge in [-0.2, -0.15) is 0 Å². The number of benzene rings is 1. The minimum atomic E-state index is 0.402. The summed E-state index contributed by atoms with van der Waals surface area (Å²) in [6, 6.07) is 0. The summed E-state index contributed by atoms with van der Waals surface area (Å²) in [7, 11) is 0. The summed E-state index contributed by atoms with van der Waals surface area (Å²) in [5.41, 5.74) is 3.95. The molecule has 0 saturated heterocycles. The fraction of sp³-hybridized carbons (Fsp3) is 0.500. The van der Waals surface area contributed by atoms with Crippen LogP contribution >= 0.6 is 11.3 Å². The Morgan fingerprint density at radius 3 is 2.44 bits per heavy atom. The highest BCUT2D eigenvalue weighted by atomic mass is 32.1. The van der Waals surface area contributed by atoms with Gasteiger partial charge in [-0.3, -0.25) is 0 Å². The number of fused-ring (bicyclic) bond motifs is 1. The van der Waals surface area contributed by atoms with Crippen molar-refractivity contribution in [2.75, 3.05) is 11.9 Å². The van der Waals surface area contributed by atoms with E-state index in [4.69, 9.17) is 0 Å². The van der Waals surface area contributed by atoms with Crippen molar-refractivity contribution in [2.45, 2.75) is 34.6 Å². The van der Waals surface area contributed by atoms with Crippen LogP contribution in [0.25, 0.3) is 10.2 Å². The van der Waals surface area contributed by atoms with Crippen molar-refractivity contribution in [2.24, 2.45) is 5.92 Å². The van der Waals surface area contributed by atoms with Crippen LogP contribution in [0.15, 0.2) is 0 Å². The molecule has 0 amide bonds. The number of nitrogens with one attached hydrogen (secondary N) is 1. The first-order valence-electron chi connectivity index (χ1n) is 6.25. The third-order valence-corrected chi connectivity index (χ3v) is 4.39. The van der Waals surface area contributed by atoms with Crippen molar-refractivity contribution in [3.8, 4) is 5.75 Å². The number of aromatic hydroxyl groups is 1. The van der Waals surface area contributed by atoms with E-state index in [1.54, 1.807) is 11.3 Å². The summed E-state index contributed by atoms with van der Waals surface area (Å²) in [5, 5.41) is 14.4. The molecular weight excluding hydrogens is 244 g/mol. The fourth-order valence-corrected chi connectivity index (χ4v) is 2.97. The molecule has 0 radical (unpaired) electrons. The molecule has 4 heteroatoms. The van der Waals surface area contributed by atoms with Gasteiger partial charge in [-0.05, 0) is 37.8 Å². The van der Waals surface area contributed by atoms with Gasteiger partial charge in [0.25, 0.3) is 0 Å². The minimum Gasteiger partial charge on any atom is -0.507 e. The molecule has 0 spiro atoms. The summed E-state index contributed by atoms with van der Waals surface area (Å²) >= 11 is 1.62. The maximum atomic E-state index is 10.1. The maximum Gasteiger partial charge on any atom is 0.183 e. The third kappa shape index (κ3) is 2.17.